The van der Waals surface area contributed by atoms with Gasteiger partial charge in [-0.1, -0.05) is 17.2 Å². The van der Waals surface area contributed by atoms with Crippen molar-refractivity contribution >= 4 is 5.78 Å². The zero-order chi connectivity index (χ0) is 18.6. The summed E-state index contributed by atoms with van der Waals surface area (Å²) in [5.41, 5.74) is 7.40. The molecule has 4 atom stereocenters. The summed E-state index contributed by atoms with van der Waals surface area (Å²) in [5, 5.41) is 3.64. The van der Waals surface area contributed by atoms with E-state index in [2.05, 4.69) is 31.3 Å². The van der Waals surface area contributed by atoms with Gasteiger partial charge in [-0.3, -0.25) is 4.79 Å². The van der Waals surface area contributed by atoms with Crippen LogP contribution < -0.4 is 5.32 Å². The molecule has 4 nitrogen and oxygen atoms in total. The molecule has 138 valence electrons. The fourth-order valence-corrected chi connectivity index (χ4v) is 5.36. The summed E-state index contributed by atoms with van der Waals surface area (Å²) in [6.45, 7) is 8.71. The Labute approximate surface area is 155 Å². The molecule has 0 bridgehead atoms. The predicted octanol–water partition coefficient (Wildman–Crippen LogP) is 3.99. The van der Waals surface area contributed by atoms with Gasteiger partial charge in [-0.05, 0) is 56.8 Å². The molecule has 0 aromatic rings. The molecule has 2 aliphatic heterocycles. The van der Waals surface area contributed by atoms with E-state index in [1.54, 1.807) is 6.92 Å². The molecular weight excluding hydrogens is 324 g/mol. The van der Waals surface area contributed by atoms with E-state index in [0.717, 1.165) is 37.9 Å². The zero-order valence-electron chi connectivity index (χ0n) is 16.3. The van der Waals surface area contributed by atoms with E-state index in [4.69, 9.17) is 0 Å². The standard InChI is InChI=1S/C22H29N2O2/c1-12(2)5-8-20-17-10-15-11-23-19-7-6-16(14(4)25)22(21(15)19)18(17)9-13(3)24(20)26/h5,9,16-17,19-20,23H,6-8,10-11H2,1-4H3/q+1. The lowest BCUT2D eigenvalue weighted by atomic mass is 9.65. The summed E-state index contributed by atoms with van der Waals surface area (Å²) in [7, 11) is 0. The van der Waals surface area contributed by atoms with Gasteiger partial charge in [0.1, 0.15) is 5.78 Å². The summed E-state index contributed by atoms with van der Waals surface area (Å²) in [5.74, 6) is 0.461. The Hall–Kier alpha value is -1.81. The number of hydrogen-bond acceptors (Lipinski definition) is 3. The molecule has 26 heavy (non-hydrogen) atoms. The first-order valence-electron chi connectivity index (χ1n) is 9.86. The van der Waals surface area contributed by atoms with Crippen LogP contribution in [0.4, 0.5) is 0 Å². The van der Waals surface area contributed by atoms with E-state index in [9.17, 15) is 9.70 Å². The smallest absolute Gasteiger partial charge is 0.230 e. The van der Waals surface area contributed by atoms with E-state index in [1.807, 2.05) is 6.92 Å². The molecule has 0 aromatic heterocycles. The lowest BCUT2D eigenvalue weighted by molar-refractivity contribution is -0.549. The highest BCUT2D eigenvalue weighted by atomic mass is 16.3. The molecule has 0 aromatic carbocycles. The van der Waals surface area contributed by atoms with E-state index < -0.39 is 0 Å². The number of nitrogens with one attached hydrogen (secondary N) is 1. The lowest BCUT2D eigenvalue weighted by Gasteiger charge is -2.39. The van der Waals surface area contributed by atoms with E-state index >= 15 is 0 Å². The fourth-order valence-electron chi connectivity index (χ4n) is 5.36. The van der Waals surface area contributed by atoms with Crippen molar-refractivity contribution in [1.82, 2.24) is 5.32 Å². The third-order valence-electron chi connectivity index (χ3n) is 6.59. The maximum atomic E-state index is 12.9. The maximum Gasteiger partial charge on any atom is 0.230 e. The maximum absolute atomic E-state index is 12.9. The minimum absolute atomic E-state index is 0.000283. The summed E-state index contributed by atoms with van der Waals surface area (Å²) < 4.78 is 1.21. The lowest BCUT2D eigenvalue weighted by Crippen LogP contribution is -2.40. The number of nitrogens with zero attached hydrogens (tertiary/aromatic N) is 1. The highest BCUT2D eigenvalue weighted by molar-refractivity contribution is 5.84. The van der Waals surface area contributed by atoms with Crippen molar-refractivity contribution in [3.63, 3.8) is 0 Å². The third kappa shape index (κ3) is 2.66. The molecule has 1 fully saturated rings. The molecule has 0 radical (unpaired) electrons. The second kappa shape index (κ2) is 6.41. The molecule has 0 spiro atoms. The molecule has 4 unspecified atom stereocenters. The van der Waals surface area contributed by atoms with Crippen LogP contribution in [-0.2, 0) is 4.79 Å². The van der Waals surface area contributed by atoms with Crippen molar-refractivity contribution in [3.8, 4) is 0 Å². The normalized spacial score (nSPS) is 32.9. The third-order valence-corrected chi connectivity index (χ3v) is 6.59. The van der Waals surface area contributed by atoms with Crippen LogP contribution in [0.5, 0.6) is 0 Å². The van der Waals surface area contributed by atoms with Gasteiger partial charge in [0.15, 0.2) is 0 Å². The van der Waals surface area contributed by atoms with Gasteiger partial charge in [0, 0.05) is 47.6 Å². The van der Waals surface area contributed by atoms with Gasteiger partial charge in [-0.2, -0.15) is 0 Å². The topological polar surface area (TPSA) is 49.2 Å². The molecule has 1 saturated carbocycles. The Morgan fingerprint density at radius 3 is 2.73 bits per heavy atom. The van der Waals surface area contributed by atoms with Gasteiger partial charge in [-0.15, -0.1) is 0 Å². The summed E-state index contributed by atoms with van der Waals surface area (Å²) >= 11 is 0. The van der Waals surface area contributed by atoms with Crippen LogP contribution in [0.3, 0.4) is 0 Å². The fraction of sp³-hybridized carbons (Fsp3) is 0.591. The Morgan fingerprint density at radius 1 is 1.27 bits per heavy atom. The Balaban J connectivity index is 1.86. The summed E-state index contributed by atoms with van der Waals surface area (Å²) in [6, 6.07) is 0.333. The van der Waals surface area contributed by atoms with Crippen molar-refractivity contribution in [3.05, 3.63) is 50.6 Å². The zero-order valence-corrected chi connectivity index (χ0v) is 16.3. The van der Waals surface area contributed by atoms with E-state index in [1.165, 1.54) is 32.6 Å². The van der Waals surface area contributed by atoms with Crippen LogP contribution >= 0.6 is 0 Å². The molecule has 2 heterocycles. The van der Waals surface area contributed by atoms with Crippen LogP contribution in [0.1, 0.15) is 53.4 Å². The van der Waals surface area contributed by atoms with Crippen LogP contribution in [0.15, 0.2) is 45.7 Å². The quantitative estimate of drug-likeness (QED) is 0.616. The number of carbonyl (C=O) groups is 1. The SMILES string of the molecule is CC(=O)C1CCC2NCC3=C2C1=C1C=C(C)[N+](=O)C(CC=C(C)C)C1C3. The van der Waals surface area contributed by atoms with Gasteiger partial charge < -0.3 is 5.32 Å². The molecule has 4 heteroatoms. The van der Waals surface area contributed by atoms with Crippen molar-refractivity contribution < 1.29 is 9.55 Å². The molecule has 4 aliphatic rings. The van der Waals surface area contributed by atoms with E-state index in [0.29, 0.717) is 6.04 Å². The summed E-state index contributed by atoms with van der Waals surface area (Å²) in [6.07, 6.45) is 7.94. The second-order valence-electron chi connectivity index (χ2n) is 8.57. The molecule has 0 saturated heterocycles. The first-order chi connectivity index (χ1) is 12.4. The molecule has 0 amide bonds. The van der Waals surface area contributed by atoms with Gasteiger partial charge >= 0.3 is 0 Å². The average molecular weight is 353 g/mol. The van der Waals surface area contributed by atoms with Crippen molar-refractivity contribution in [1.29, 1.82) is 0 Å². The molecule has 4 rings (SSSR count). The Morgan fingerprint density at radius 2 is 2.04 bits per heavy atom. The average Bonchev–Trinajstić information content (AvgIpc) is 3.00. The van der Waals surface area contributed by atoms with Gasteiger partial charge in [-0.25, -0.2) is 0 Å². The van der Waals surface area contributed by atoms with Crippen LogP contribution in [0, 0.1) is 16.7 Å². The minimum Gasteiger partial charge on any atom is -0.306 e. The first kappa shape index (κ1) is 17.6. The largest absolute Gasteiger partial charge is 0.306 e. The number of fused-ring (bicyclic) bond motifs is 1. The van der Waals surface area contributed by atoms with Gasteiger partial charge in [0.25, 0.3) is 0 Å². The highest BCUT2D eigenvalue weighted by Gasteiger charge is 2.49. The number of carbonyl (C=O) groups excluding carboxylic acids is 1. The van der Waals surface area contributed by atoms with Crippen LogP contribution in [0.25, 0.3) is 0 Å². The van der Waals surface area contributed by atoms with Crippen molar-refractivity contribution in [2.75, 3.05) is 6.54 Å². The van der Waals surface area contributed by atoms with Gasteiger partial charge in [0.2, 0.25) is 11.7 Å². The van der Waals surface area contributed by atoms with Crippen molar-refractivity contribution in [2.45, 2.75) is 65.5 Å². The second-order valence-corrected chi connectivity index (χ2v) is 8.57. The predicted molar refractivity (Wildman–Crippen MR) is 103 cm³/mol. The minimum atomic E-state index is -0.0694. The Bertz CT molecular complexity index is 808. The number of allylic oxidation sites excluding steroid dienone is 3. The highest BCUT2D eigenvalue weighted by Crippen LogP contribution is 2.50. The first-order valence-corrected chi connectivity index (χ1v) is 9.86. The van der Waals surface area contributed by atoms with Crippen LogP contribution in [0.2, 0.25) is 0 Å². The van der Waals surface area contributed by atoms with E-state index in [-0.39, 0.29) is 23.7 Å². The number of hydrogen-bond donors (Lipinski definition) is 1. The number of Topliss-reactive ketones (excluding diaryl/α,β-unsaturated/α-hetero) is 1. The molecule has 2 aliphatic carbocycles. The summed E-state index contributed by atoms with van der Waals surface area (Å²) in [4.78, 5) is 25.3. The van der Waals surface area contributed by atoms with Gasteiger partial charge in [0.05, 0.1) is 5.92 Å². The number of ketones is 1. The Kier molecular flexibility index (Phi) is 4.34. The monoisotopic (exact) mass is 353 g/mol. The van der Waals surface area contributed by atoms with Crippen LogP contribution in [-0.4, -0.2) is 29.2 Å². The molecule has 1 N–H and O–H groups in total. The number of rotatable bonds is 3. The molecular formula is C22H29N2O2+. The number of nitroso groups, excluding NO2 is 1. The van der Waals surface area contributed by atoms with Crippen molar-refractivity contribution in [2.24, 2.45) is 11.8 Å².